The van der Waals surface area contributed by atoms with Crippen molar-refractivity contribution >= 4 is 27.3 Å². The largest absolute Gasteiger partial charge is 0.336 e. The Morgan fingerprint density at radius 2 is 2.17 bits per heavy atom. The Morgan fingerprint density at radius 1 is 1.35 bits per heavy atom. The number of likely N-dealkylation sites (tertiary alicyclic amines) is 1. The van der Waals surface area contributed by atoms with E-state index in [1.54, 1.807) is 11.3 Å². The van der Waals surface area contributed by atoms with Crippen molar-refractivity contribution in [3.63, 3.8) is 0 Å². The van der Waals surface area contributed by atoms with Crippen molar-refractivity contribution in [2.24, 2.45) is 7.05 Å². The minimum absolute atomic E-state index is 0.0893. The van der Waals surface area contributed by atoms with Crippen molar-refractivity contribution in [2.45, 2.75) is 25.8 Å². The molecule has 3 heterocycles. The molecular formula is C18H19N3OS. The van der Waals surface area contributed by atoms with Crippen LogP contribution >= 0.6 is 11.3 Å². The number of carbonyl (C=O) groups is 1. The third-order valence-electron chi connectivity index (χ3n) is 4.48. The van der Waals surface area contributed by atoms with Gasteiger partial charge in [-0.1, -0.05) is 18.2 Å². The first kappa shape index (κ1) is 14.5. The van der Waals surface area contributed by atoms with Gasteiger partial charge in [0.15, 0.2) is 0 Å². The second-order valence-corrected chi connectivity index (χ2v) is 7.24. The predicted molar refractivity (Wildman–Crippen MR) is 92.8 cm³/mol. The summed E-state index contributed by atoms with van der Waals surface area (Å²) in [5, 5.41) is 1.14. The number of fused-ring (bicyclic) bond motifs is 1. The Hall–Kier alpha value is -2.14. The lowest BCUT2D eigenvalue weighted by molar-refractivity contribution is 0.0733. The summed E-state index contributed by atoms with van der Waals surface area (Å²) in [6, 6.07) is 10.3. The number of amides is 1. The molecule has 4 nitrogen and oxygen atoms in total. The molecule has 1 atom stereocenters. The summed E-state index contributed by atoms with van der Waals surface area (Å²) >= 11 is 1.58. The second-order valence-electron chi connectivity index (χ2n) is 6.16. The standard InChI is InChI=1S/C18H19N3OS/c1-12-11-20(2)17(19-12)14-7-5-9-21(14)18(22)16-10-13-6-3-4-8-15(13)23-16/h3-4,6,8,10-11,14H,5,7,9H2,1-2H3. The van der Waals surface area contributed by atoms with E-state index in [1.807, 2.05) is 43.3 Å². The molecule has 4 rings (SSSR count). The van der Waals surface area contributed by atoms with Crippen LogP contribution in [0.5, 0.6) is 0 Å². The van der Waals surface area contributed by atoms with Gasteiger partial charge in [0.05, 0.1) is 16.6 Å². The summed E-state index contributed by atoms with van der Waals surface area (Å²) < 4.78 is 3.22. The van der Waals surface area contributed by atoms with Crippen LogP contribution in [0.2, 0.25) is 0 Å². The van der Waals surface area contributed by atoms with Gasteiger partial charge >= 0.3 is 0 Å². The first-order valence-electron chi connectivity index (χ1n) is 7.93. The van der Waals surface area contributed by atoms with Crippen LogP contribution in [0.4, 0.5) is 0 Å². The molecule has 0 bridgehead atoms. The van der Waals surface area contributed by atoms with E-state index in [4.69, 9.17) is 0 Å². The first-order chi connectivity index (χ1) is 11.1. The van der Waals surface area contributed by atoms with E-state index in [1.165, 1.54) is 4.70 Å². The van der Waals surface area contributed by atoms with E-state index < -0.39 is 0 Å². The van der Waals surface area contributed by atoms with E-state index in [-0.39, 0.29) is 11.9 Å². The van der Waals surface area contributed by atoms with E-state index in [2.05, 4.69) is 21.7 Å². The Kier molecular flexibility index (Phi) is 3.45. The minimum atomic E-state index is 0.0893. The third kappa shape index (κ3) is 2.45. The predicted octanol–water partition coefficient (Wildman–Crippen LogP) is 3.92. The first-order valence-corrected chi connectivity index (χ1v) is 8.74. The molecule has 3 aromatic rings. The number of aryl methyl sites for hydroxylation is 2. The molecule has 118 valence electrons. The molecule has 1 fully saturated rings. The van der Waals surface area contributed by atoms with Crippen molar-refractivity contribution < 1.29 is 4.79 Å². The number of aromatic nitrogens is 2. The molecule has 1 aliphatic rings. The van der Waals surface area contributed by atoms with E-state index in [0.717, 1.165) is 41.2 Å². The summed E-state index contributed by atoms with van der Waals surface area (Å²) in [6.07, 6.45) is 4.05. The molecular weight excluding hydrogens is 306 g/mol. The highest BCUT2D eigenvalue weighted by atomic mass is 32.1. The van der Waals surface area contributed by atoms with Gasteiger partial charge in [0, 0.05) is 24.5 Å². The lowest BCUT2D eigenvalue weighted by atomic mass is 10.2. The summed E-state index contributed by atoms with van der Waals surface area (Å²) in [6.45, 7) is 2.81. The zero-order valence-electron chi connectivity index (χ0n) is 13.3. The second kappa shape index (κ2) is 5.49. The van der Waals surface area contributed by atoms with Gasteiger partial charge in [-0.25, -0.2) is 4.98 Å². The van der Waals surface area contributed by atoms with Crippen LogP contribution in [-0.4, -0.2) is 26.9 Å². The molecule has 1 aromatic carbocycles. The number of benzene rings is 1. The fraction of sp³-hybridized carbons (Fsp3) is 0.333. The number of hydrogen-bond acceptors (Lipinski definition) is 3. The van der Waals surface area contributed by atoms with Gasteiger partial charge in [-0.05, 0) is 37.3 Å². The Balaban J connectivity index is 1.68. The highest BCUT2D eigenvalue weighted by Gasteiger charge is 2.33. The molecule has 0 spiro atoms. The number of carbonyl (C=O) groups excluding carboxylic acids is 1. The molecule has 1 saturated heterocycles. The van der Waals surface area contributed by atoms with Crippen molar-refractivity contribution in [3.8, 4) is 0 Å². The van der Waals surface area contributed by atoms with Gasteiger partial charge in [0.2, 0.25) is 0 Å². The SMILES string of the molecule is Cc1cn(C)c(C2CCCN2C(=O)c2cc3ccccc3s2)n1. The van der Waals surface area contributed by atoms with Gasteiger partial charge in [-0.15, -0.1) is 11.3 Å². The van der Waals surface area contributed by atoms with Crippen LogP contribution in [0.15, 0.2) is 36.5 Å². The van der Waals surface area contributed by atoms with Crippen molar-refractivity contribution in [2.75, 3.05) is 6.54 Å². The molecule has 2 aromatic heterocycles. The number of nitrogens with zero attached hydrogens (tertiary/aromatic N) is 3. The van der Waals surface area contributed by atoms with Gasteiger partial charge in [-0.3, -0.25) is 4.79 Å². The van der Waals surface area contributed by atoms with Crippen LogP contribution in [0.25, 0.3) is 10.1 Å². The molecule has 0 N–H and O–H groups in total. The maximum atomic E-state index is 13.0. The van der Waals surface area contributed by atoms with Crippen molar-refractivity contribution in [1.82, 2.24) is 14.5 Å². The summed E-state index contributed by atoms with van der Waals surface area (Å²) in [7, 11) is 2.01. The summed E-state index contributed by atoms with van der Waals surface area (Å²) in [5.41, 5.74) is 1.00. The highest BCUT2D eigenvalue weighted by molar-refractivity contribution is 7.20. The van der Waals surface area contributed by atoms with E-state index >= 15 is 0 Å². The van der Waals surface area contributed by atoms with E-state index in [9.17, 15) is 4.79 Å². The van der Waals surface area contributed by atoms with Crippen LogP contribution in [0.1, 0.15) is 40.1 Å². The monoisotopic (exact) mass is 325 g/mol. The van der Waals surface area contributed by atoms with E-state index in [0.29, 0.717) is 0 Å². The van der Waals surface area contributed by atoms with Gasteiger partial charge in [0.1, 0.15) is 5.82 Å². The topological polar surface area (TPSA) is 38.1 Å². The average Bonchev–Trinajstić information content (AvgIpc) is 3.23. The van der Waals surface area contributed by atoms with Gasteiger partial charge in [0.25, 0.3) is 5.91 Å². The van der Waals surface area contributed by atoms with Crippen molar-refractivity contribution in [1.29, 1.82) is 0 Å². The van der Waals surface area contributed by atoms with Crippen LogP contribution in [0.3, 0.4) is 0 Å². The molecule has 5 heteroatoms. The normalized spacial score (nSPS) is 18.0. The lowest BCUT2D eigenvalue weighted by Gasteiger charge is -2.23. The van der Waals surface area contributed by atoms with Gasteiger partial charge in [-0.2, -0.15) is 0 Å². The minimum Gasteiger partial charge on any atom is -0.336 e. The molecule has 0 radical (unpaired) electrons. The molecule has 23 heavy (non-hydrogen) atoms. The highest BCUT2D eigenvalue weighted by Crippen LogP contribution is 2.34. The molecule has 1 amide bonds. The fourth-order valence-corrected chi connectivity index (χ4v) is 4.47. The maximum Gasteiger partial charge on any atom is 0.264 e. The van der Waals surface area contributed by atoms with Crippen LogP contribution in [0, 0.1) is 6.92 Å². The lowest BCUT2D eigenvalue weighted by Crippen LogP contribution is -2.31. The Bertz CT molecular complexity index is 846. The molecule has 1 aliphatic heterocycles. The van der Waals surface area contributed by atoms with Crippen LogP contribution in [-0.2, 0) is 7.05 Å². The third-order valence-corrected chi connectivity index (χ3v) is 5.58. The number of imidazole rings is 1. The Labute approximate surface area is 139 Å². The zero-order valence-corrected chi connectivity index (χ0v) is 14.1. The number of thiophene rings is 1. The van der Waals surface area contributed by atoms with Gasteiger partial charge < -0.3 is 9.47 Å². The van der Waals surface area contributed by atoms with Crippen LogP contribution < -0.4 is 0 Å². The quantitative estimate of drug-likeness (QED) is 0.716. The molecule has 1 unspecified atom stereocenters. The summed E-state index contributed by atoms with van der Waals surface area (Å²) in [4.78, 5) is 20.5. The molecule has 0 aliphatic carbocycles. The smallest absolute Gasteiger partial charge is 0.264 e. The fourth-order valence-electron chi connectivity index (χ4n) is 3.45. The Morgan fingerprint density at radius 3 is 2.91 bits per heavy atom. The zero-order chi connectivity index (χ0) is 16.0. The number of rotatable bonds is 2. The maximum absolute atomic E-state index is 13.0. The molecule has 0 saturated carbocycles. The summed E-state index contributed by atoms with van der Waals surface area (Å²) in [5.74, 6) is 1.13. The number of hydrogen-bond donors (Lipinski definition) is 0. The average molecular weight is 325 g/mol. The van der Waals surface area contributed by atoms with Crippen molar-refractivity contribution in [3.05, 3.63) is 52.9 Å².